The summed E-state index contributed by atoms with van der Waals surface area (Å²) in [6, 6.07) is 8.81. The van der Waals surface area contributed by atoms with E-state index in [4.69, 9.17) is 0 Å². The van der Waals surface area contributed by atoms with Gasteiger partial charge in [0, 0.05) is 49.9 Å². The van der Waals surface area contributed by atoms with Crippen LogP contribution in [0.4, 0.5) is 0 Å². The van der Waals surface area contributed by atoms with Crippen molar-refractivity contribution in [1.82, 2.24) is 0 Å². The van der Waals surface area contributed by atoms with E-state index in [2.05, 4.69) is 73.5 Å². The summed E-state index contributed by atoms with van der Waals surface area (Å²) in [6.45, 7) is 11.0. The third kappa shape index (κ3) is 4.94. The maximum Gasteiger partial charge on any atom is 0.178 e. The molecule has 0 saturated carbocycles. The molecule has 0 bridgehead atoms. The largest absolute Gasteiger partial charge is 0.202 e. The molecule has 0 atom stereocenters. The fourth-order valence-electron chi connectivity index (χ4n) is 2.88. The number of nitrogens with zero attached hydrogens (tertiary/aromatic N) is 2. The quantitative estimate of drug-likeness (QED) is 0.543. The van der Waals surface area contributed by atoms with Crippen molar-refractivity contribution in [3.63, 3.8) is 0 Å². The molecule has 118 valence electrons. The normalized spacial score (nSPS) is 10.9. The monoisotopic (exact) mass is 298 g/mol. The van der Waals surface area contributed by atoms with Crippen molar-refractivity contribution in [2.45, 2.75) is 66.5 Å². The minimum Gasteiger partial charge on any atom is -0.202 e. The molecule has 2 nitrogen and oxygen atoms in total. The Morgan fingerprint density at radius 3 is 1.41 bits per heavy atom. The first kappa shape index (κ1) is 16.7. The molecule has 0 N–H and O–H groups in total. The number of hydrogen-bond acceptors (Lipinski definition) is 0. The lowest BCUT2D eigenvalue weighted by molar-refractivity contribution is -0.705. The molecule has 0 aliphatic rings. The smallest absolute Gasteiger partial charge is 0.178 e. The molecule has 2 rings (SSSR count). The van der Waals surface area contributed by atoms with E-state index in [1.165, 1.54) is 48.2 Å². The van der Waals surface area contributed by atoms with Crippen molar-refractivity contribution in [2.24, 2.45) is 0 Å². The molecule has 2 aromatic rings. The molecule has 0 unspecified atom stereocenters. The molecule has 2 heterocycles. The van der Waals surface area contributed by atoms with Crippen LogP contribution in [-0.4, -0.2) is 0 Å². The van der Waals surface area contributed by atoms with Crippen LogP contribution in [0.2, 0.25) is 0 Å². The van der Waals surface area contributed by atoms with E-state index in [-0.39, 0.29) is 0 Å². The average molecular weight is 298 g/mol. The van der Waals surface area contributed by atoms with E-state index < -0.39 is 0 Å². The van der Waals surface area contributed by atoms with Crippen molar-refractivity contribution in [3.05, 3.63) is 59.2 Å². The molecule has 2 aromatic heterocycles. The third-order valence-electron chi connectivity index (χ3n) is 4.35. The predicted octanol–water partition coefficient (Wildman–Crippen LogP) is 3.76. The molecule has 0 amide bonds. The minimum atomic E-state index is 1.14. The highest BCUT2D eigenvalue weighted by Gasteiger charge is 2.07. The zero-order valence-electron chi connectivity index (χ0n) is 14.6. The molecule has 0 radical (unpaired) electrons. The van der Waals surface area contributed by atoms with Gasteiger partial charge in [0.25, 0.3) is 0 Å². The summed E-state index contributed by atoms with van der Waals surface area (Å²) in [6.07, 6.45) is 9.69. The summed E-state index contributed by atoms with van der Waals surface area (Å²) in [4.78, 5) is 0. The van der Waals surface area contributed by atoms with Crippen molar-refractivity contribution >= 4 is 0 Å². The second-order valence-electron chi connectivity index (χ2n) is 6.50. The number of aromatic nitrogens is 2. The van der Waals surface area contributed by atoms with Gasteiger partial charge in [0.15, 0.2) is 23.8 Å². The molecule has 2 heteroatoms. The first-order valence-corrected chi connectivity index (χ1v) is 8.49. The van der Waals surface area contributed by atoms with E-state index in [0.717, 1.165) is 13.1 Å². The maximum atomic E-state index is 2.38. The summed E-state index contributed by atoms with van der Waals surface area (Å²) >= 11 is 0. The van der Waals surface area contributed by atoms with Crippen LogP contribution in [0.3, 0.4) is 0 Å². The maximum absolute atomic E-state index is 2.38. The van der Waals surface area contributed by atoms with Crippen molar-refractivity contribution in [2.75, 3.05) is 0 Å². The highest BCUT2D eigenvalue weighted by molar-refractivity contribution is 5.06. The Bertz CT molecular complexity index is 562. The number of unbranched alkanes of at least 4 members (excludes halogenated alkanes) is 3. The van der Waals surface area contributed by atoms with E-state index in [9.17, 15) is 0 Å². The van der Waals surface area contributed by atoms with Gasteiger partial charge in [-0.25, -0.2) is 9.13 Å². The molecule has 0 fully saturated rings. The molecule has 22 heavy (non-hydrogen) atoms. The number of pyridine rings is 2. The molecular weight excluding hydrogens is 268 g/mol. The van der Waals surface area contributed by atoms with Gasteiger partial charge >= 0.3 is 0 Å². The lowest BCUT2D eigenvalue weighted by Gasteiger charge is -2.03. The molecule has 0 aliphatic heterocycles. The Balaban J connectivity index is 1.69. The van der Waals surface area contributed by atoms with Crippen LogP contribution in [0.15, 0.2) is 36.7 Å². The van der Waals surface area contributed by atoms with Crippen LogP contribution < -0.4 is 9.13 Å². The standard InChI is InChI=1S/C20H30N2/c1-17-9-11-19(3)21(15-17)13-7-5-6-8-14-22-16-18(2)10-12-20(22)4/h9-12,15-16H,5-8,13-14H2,1-4H3/q+2. The van der Waals surface area contributed by atoms with Crippen molar-refractivity contribution in [1.29, 1.82) is 0 Å². The van der Waals surface area contributed by atoms with Gasteiger partial charge in [-0.1, -0.05) is 0 Å². The average Bonchev–Trinajstić information content (AvgIpc) is 2.49. The van der Waals surface area contributed by atoms with E-state index >= 15 is 0 Å². The van der Waals surface area contributed by atoms with E-state index in [0.29, 0.717) is 0 Å². The Labute approximate surface area is 135 Å². The summed E-state index contributed by atoms with van der Waals surface area (Å²) in [5, 5.41) is 0. The Morgan fingerprint density at radius 1 is 0.591 bits per heavy atom. The summed E-state index contributed by atoms with van der Waals surface area (Å²) < 4.78 is 4.77. The molecule has 0 aliphatic carbocycles. The van der Waals surface area contributed by atoms with Crippen LogP contribution in [0.1, 0.15) is 48.2 Å². The van der Waals surface area contributed by atoms with E-state index in [1.54, 1.807) is 0 Å². The molecular formula is C20H30N2+2. The van der Waals surface area contributed by atoms with Crippen molar-refractivity contribution < 1.29 is 9.13 Å². The topological polar surface area (TPSA) is 7.76 Å². The number of aryl methyl sites for hydroxylation is 6. The molecule has 0 spiro atoms. The second-order valence-corrected chi connectivity index (χ2v) is 6.50. The SMILES string of the molecule is Cc1ccc(C)[n+](CCCCCC[n+]2cc(C)ccc2C)c1. The fourth-order valence-corrected chi connectivity index (χ4v) is 2.88. The highest BCUT2D eigenvalue weighted by atomic mass is 15.0. The van der Waals surface area contributed by atoms with E-state index in [1.807, 2.05) is 0 Å². The van der Waals surface area contributed by atoms with Crippen LogP contribution in [-0.2, 0) is 13.1 Å². The summed E-state index contributed by atoms with van der Waals surface area (Å²) in [7, 11) is 0. The third-order valence-corrected chi connectivity index (χ3v) is 4.35. The Morgan fingerprint density at radius 2 is 1.00 bits per heavy atom. The van der Waals surface area contributed by atoms with Crippen LogP contribution in [0, 0.1) is 27.7 Å². The Hall–Kier alpha value is -1.70. The molecule has 0 saturated heterocycles. The van der Waals surface area contributed by atoms with Crippen LogP contribution in [0.25, 0.3) is 0 Å². The van der Waals surface area contributed by atoms with Gasteiger partial charge in [-0.05, 0) is 38.8 Å². The first-order chi connectivity index (χ1) is 10.6. The highest BCUT2D eigenvalue weighted by Crippen LogP contribution is 2.03. The lowest BCUT2D eigenvalue weighted by atomic mass is 10.1. The zero-order chi connectivity index (χ0) is 15.9. The van der Waals surface area contributed by atoms with Crippen molar-refractivity contribution in [3.8, 4) is 0 Å². The predicted molar refractivity (Wildman–Crippen MR) is 90.7 cm³/mol. The minimum absolute atomic E-state index is 1.14. The van der Waals surface area contributed by atoms with Gasteiger partial charge < -0.3 is 0 Å². The summed E-state index contributed by atoms with van der Waals surface area (Å²) in [5.41, 5.74) is 5.40. The van der Waals surface area contributed by atoms with Gasteiger partial charge in [0.1, 0.15) is 13.1 Å². The van der Waals surface area contributed by atoms with Crippen LogP contribution in [0.5, 0.6) is 0 Å². The van der Waals surface area contributed by atoms with Gasteiger partial charge in [-0.3, -0.25) is 0 Å². The van der Waals surface area contributed by atoms with Gasteiger partial charge in [-0.15, -0.1) is 0 Å². The molecule has 0 aromatic carbocycles. The number of hydrogen-bond donors (Lipinski definition) is 0. The second kappa shape index (κ2) is 8.07. The fraction of sp³-hybridized carbons (Fsp3) is 0.500. The van der Waals surface area contributed by atoms with Gasteiger partial charge in [0.05, 0.1) is 0 Å². The summed E-state index contributed by atoms with van der Waals surface area (Å²) in [5.74, 6) is 0. The Kier molecular flexibility index (Phi) is 6.11. The number of rotatable bonds is 7. The lowest BCUT2D eigenvalue weighted by Crippen LogP contribution is -2.37. The van der Waals surface area contributed by atoms with Crippen LogP contribution >= 0.6 is 0 Å². The van der Waals surface area contributed by atoms with Gasteiger partial charge in [-0.2, -0.15) is 0 Å². The first-order valence-electron chi connectivity index (χ1n) is 8.49. The van der Waals surface area contributed by atoms with Gasteiger partial charge in [0.2, 0.25) is 0 Å². The zero-order valence-corrected chi connectivity index (χ0v) is 14.6.